The largest absolute Gasteiger partial charge is 0.334 e. The Labute approximate surface area is 120 Å². The van der Waals surface area contributed by atoms with Crippen molar-refractivity contribution in [2.45, 2.75) is 11.4 Å². The minimum absolute atomic E-state index is 0.109. The normalized spacial score (nSPS) is 10.0. The number of hydrogen-bond acceptors (Lipinski definition) is 5. The molecule has 0 atom stereocenters. The van der Waals surface area contributed by atoms with Crippen LogP contribution in [-0.2, 0) is 6.54 Å². The van der Waals surface area contributed by atoms with Crippen molar-refractivity contribution in [3.05, 3.63) is 42.0 Å². The van der Waals surface area contributed by atoms with Gasteiger partial charge < -0.3 is 4.90 Å². The summed E-state index contributed by atoms with van der Waals surface area (Å²) < 4.78 is 0. The molecule has 20 heavy (non-hydrogen) atoms. The third kappa shape index (κ3) is 3.36. The molecule has 0 aliphatic heterocycles. The van der Waals surface area contributed by atoms with E-state index >= 15 is 0 Å². The monoisotopic (exact) mass is 287 g/mol. The molecule has 6 nitrogen and oxygen atoms in total. The van der Waals surface area contributed by atoms with Crippen molar-refractivity contribution in [3.8, 4) is 6.07 Å². The Balaban J connectivity index is 2.14. The molecule has 0 aliphatic carbocycles. The van der Waals surface area contributed by atoms with Gasteiger partial charge in [-0.3, -0.25) is 9.89 Å². The first kappa shape index (κ1) is 14.1. The lowest BCUT2D eigenvalue weighted by Crippen LogP contribution is -2.27. The van der Waals surface area contributed by atoms with E-state index in [0.717, 1.165) is 4.90 Å². The van der Waals surface area contributed by atoms with E-state index in [1.807, 2.05) is 18.2 Å². The predicted molar refractivity (Wildman–Crippen MR) is 75.0 cm³/mol. The fourth-order valence-corrected chi connectivity index (χ4v) is 2.39. The van der Waals surface area contributed by atoms with Crippen molar-refractivity contribution >= 4 is 17.7 Å². The van der Waals surface area contributed by atoms with Crippen LogP contribution >= 0.6 is 11.8 Å². The van der Waals surface area contributed by atoms with Crippen molar-refractivity contribution in [2.24, 2.45) is 0 Å². The second kappa shape index (κ2) is 6.73. The first-order chi connectivity index (χ1) is 9.72. The van der Waals surface area contributed by atoms with Gasteiger partial charge in [0.25, 0.3) is 5.91 Å². The number of thioether (sulfide) groups is 1. The Hall–Kier alpha value is -2.33. The van der Waals surface area contributed by atoms with Gasteiger partial charge in [0.1, 0.15) is 12.2 Å². The summed E-state index contributed by atoms with van der Waals surface area (Å²) in [6, 6.07) is 9.34. The molecule has 0 radical (unpaired) electrons. The van der Waals surface area contributed by atoms with E-state index in [4.69, 9.17) is 5.26 Å². The highest BCUT2D eigenvalue weighted by molar-refractivity contribution is 7.99. The fraction of sp³-hybridized carbons (Fsp3) is 0.231. The average Bonchev–Trinajstić information content (AvgIpc) is 2.97. The van der Waals surface area contributed by atoms with E-state index in [0.29, 0.717) is 23.7 Å². The number of nitrogens with one attached hydrogen (secondary N) is 1. The average molecular weight is 287 g/mol. The molecule has 1 heterocycles. The van der Waals surface area contributed by atoms with Crippen LogP contribution in [0.15, 0.2) is 35.5 Å². The van der Waals surface area contributed by atoms with Gasteiger partial charge in [-0.25, -0.2) is 4.98 Å². The SMILES string of the molecule is CN(Cc1ncn[nH]1)C(=O)c1ccccc1SCC#N. The van der Waals surface area contributed by atoms with Crippen LogP contribution in [0, 0.1) is 11.3 Å². The number of nitrogens with zero attached hydrogens (tertiary/aromatic N) is 4. The van der Waals surface area contributed by atoms with Crippen LogP contribution < -0.4 is 0 Å². The lowest BCUT2D eigenvalue weighted by molar-refractivity contribution is 0.0778. The van der Waals surface area contributed by atoms with Gasteiger partial charge in [-0.1, -0.05) is 12.1 Å². The molecule has 0 saturated heterocycles. The zero-order valence-corrected chi connectivity index (χ0v) is 11.7. The summed E-state index contributed by atoms with van der Waals surface area (Å²) >= 11 is 1.36. The molecule has 0 spiro atoms. The van der Waals surface area contributed by atoms with E-state index in [1.165, 1.54) is 18.1 Å². The Bertz CT molecular complexity index is 620. The Morgan fingerprint density at radius 1 is 1.50 bits per heavy atom. The number of carbonyl (C=O) groups is 1. The lowest BCUT2D eigenvalue weighted by Gasteiger charge is -2.17. The number of amides is 1. The third-order valence-corrected chi connectivity index (χ3v) is 3.55. The van der Waals surface area contributed by atoms with Crippen LogP contribution in [0.5, 0.6) is 0 Å². The second-order valence-electron chi connectivity index (χ2n) is 4.04. The topological polar surface area (TPSA) is 85.7 Å². The molecular formula is C13H13N5OS. The smallest absolute Gasteiger partial charge is 0.255 e. The molecule has 2 rings (SSSR count). The van der Waals surface area contributed by atoms with E-state index in [1.54, 1.807) is 18.0 Å². The summed E-state index contributed by atoms with van der Waals surface area (Å²) in [5, 5.41) is 15.1. The summed E-state index contributed by atoms with van der Waals surface area (Å²) in [7, 11) is 1.70. The van der Waals surface area contributed by atoms with Crippen LogP contribution in [0.25, 0.3) is 0 Å². The molecule has 102 valence electrons. The third-order valence-electron chi connectivity index (χ3n) is 2.61. The summed E-state index contributed by atoms with van der Waals surface area (Å²) in [4.78, 5) is 18.8. The fourth-order valence-electron chi connectivity index (χ4n) is 1.69. The van der Waals surface area contributed by atoms with E-state index in [-0.39, 0.29) is 5.91 Å². The summed E-state index contributed by atoms with van der Waals surface area (Å²) in [6.07, 6.45) is 1.41. The van der Waals surface area contributed by atoms with Crippen molar-refractivity contribution in [1.82, 2.24) is 20.1 Å². The van der Waals surface area contributed by atoms with Gasteiger partial charge in [0.2, 0.25) is 0 Å². The zero-order valence-electron chi connectivity index (χ0n) is 10.9. The van der Waals surface area contributed by atoms with Gasteiger partial charge >= 0.3 is 0 Å². The number of rotatable bonds is 5. The van der Waals surface area contributed by atoms with Gasteiger partial charge in [0.05, 0.1) is 23.9 Å². The second-order valence-corrected chi connectivity index (χ2v) is 5.05. The highest BCUT2D eigenvalue weighted by atomic mass is 32.2. The number of hydrogen-bond donors (Lipinski definition) is 1. The molecule has 0 saturated carbocycles. The highest BCUT2D eigenvalue weighted by Gasteiger charge is 2.16. The summed E-state index contributed by atoms with van der Waals surface area (Å²) in [5.74, 6) is 0.835. The van der Waals surface area contributed by atoms with Crippen molar-refractivity contribution < 1.29 is 4.79 Å². The number of benzene rings is 1. The van der Waals surface area contributed by atoms with Gasteiger partial charge in [0, 0.05) is 11.9 Å². The van der Waals surface area contributed by atoms with Gasteiger partial charge in [-0.15, -0.1) is 11.8 Å². The molecule has 7 heteroatoms. The maximum absolute atomic E-state index is 12.4. The maximum atomic E-state index is 12.4. The number of nitriles is 1. The molecule has 0 fully saturated rings. The van der Waals surface area contributed by atoms with Crippen molar-refractivity contribution in [2.75, 3.05) is 12.8 Å². The van der Waals surface area contributed by atoms with Crippen LogP contribution in [0.2, 0.25) is 0 Å². The molecule has 0 aliphatic rings. The number of H-pyrrole nitrogens is 1. The van der Waals surface area contributed by atoms with Gasteiger partial charge in [0.15, 0.2) is 0 Å². The molecular weight excluding hydrogens is 274 g/mol. The van der Waals surface area contributed by atoms with Crippen LogP contribution in [0.4, 0.5) is 0 Å². The molecule has 1 aromatic carbocycles. The Morgan fingerprint density at radius 2 is 2.30 bits per heavy atom. The first-order valence-corrected chi connectivity index (χ1v) is 6.89. The highest BCUT2D eigenvalue weighted by Crippen LogP contribution is 2.23. The van der Waals surface area contributed by atoms with Crippen LogP contribution in [0.3, 0.4) is 0 Å². The van der Waals surface area contributed by atoms with Crippen LogP contribution in [-0.4, -0.2) is 38.8 Å². The minimum Gasteiger partial charge on any atom is -0.334 e. The minimum atomic E-state index is -0.109. The Morgan fingerprint density at radius 3 is 3.00 bits per heavy atom. The predicted octanol–water partition coefficient (Wildman–Crippen LogP) is 1.69. The molecule has 0 bridgehead atoms. The molecule has 0 unspecified atom stereocenters. The van der Waals surface area contributed by atoms with Crippen molar-refractivity contribution in [1.29, 1.82) is 5.26 Å². The summed E-state index contributed by atoms with van der Waals surface area (Å²) in [6.45, 7) is 0.357. The van der Waals surface area contributed by atoms with Gasteiger partial charge in [-0.05, 0) is 12.1 Å². The molecule has 1 N–H and O–H groups in total. The van der Waals surface area contributed by atoms with E-state index in [9.17, 15) is 4.79 Å². The van der Waals surface area contributed by atoms with E-state index < -0.39 is 0 Å². The summed E-state index contributed by atoms with van der Waals surface area (Å²) in [5.41, 5.74) is 0.592. The zero-order chi connectivity index (χ0) is 14.4. The molecule has 1 aromatic heterocycles. The lowest BCUT2D eigenvalue weighted by atomic mass is 10.2. The number of aromatic nitrogens is 3. The molecule has 1 amide bonds. The van der Waals surface area contributed by atoms with Crippen LogP contribution in [0.1, 0.15) is 16.2 Å². The molecule has 2 aromatic rings. The van der Waals surface area contributed by atoms with Crippen molar-refractivity contribution in [3.63, 3.8) is 0 Å². The first-order valence-electron chi connectivity index (χ1n) is 5.91. The quantitative estimate of drug-likeness (QED) is 0.846. The number of aromatic amines is 1. The number of carbonyl (C=O) groups excluding carboxylic acids is 1. The van der Waals surface area contributed by atoms with E-state index in [2.05, 4.69) is 21.3 Å². The maximum Gasteiger partial charge on any atom is 0.255 e. The van der Waals surface area contributed by atoms with Gasteiger partial charge in [-0.2, -0.15) is 10.4 Å². The standard InChI is InChI=1S/C13H13N5OS/c1-18(8-12-15-9-16-17-12)13(19)10-4-2-3-5-11(10)20-7-6-14/h2-5,9H,7-8H2,1H3,(H,15,16,17). The Kier molecular flexibility index (Phi) is 4.74.